The lowest BCUT2D eigenvalue weighted by molar-refractivity contribution is -0.116. The van der Waals surface area contributed by atoms with Crippen LogP contribution in [-0.2, 0) is 4.79 Å². The van der Waals surface area contributed by atoms with Crippen LogP contribution in [0.25, 0.3) is 55.4 Å². The van der Waals surface area contributed by atoms with E-state index in [4.69, 9.17) is 4.74 Å². The highest BCUT2D eigenvalue weighted by molar-refractivity contribution is 6.01. The molecule has 1 aliphatic rings. The molecule has 0 atom stereocenters. The van der Waals surface area contributed by atoms with Gasteiger partial charge in [0.25, 0.3) is 0 Å². The number of benzene rings is 2. The van der Waals surface area contributed by atoms with Gasteiger partial charge in [-0.05, 0) is 87.6 Å². The number of anilines is 1. The number of ether oxygens (including phenoxy) is 1. The van der Waals surface area contributed by atoms with Crippen molar-refractivity contribution in [2.45, 2.75) is 12.8 Å². The molecule has 7 rings (SSSR count). The van der Waals surface area contributed by atoms with Gasteiger partial charge in [-0.2, -0.15) is 5.10 Å². The van der Waals surface area contributed by atoms with Gasteiger partial charge in [0.05, 0.1) is 41.4 Å². The highest BCUT2D eigenvalue weighted by Gasteiger charge is 2.17. The molecule has 10 nitrogen and oxygen atoms in total. The first kappa shape index (κ1) is 29.6. The average Bonchev–Trinajstić information content (AvgIpc) is 3.80. The normalized spacial score (nSPS) is 13.7. The fourth-order valence-corrected chi connectivity index (χ4v) is 6.06. The maximum atomic E-state index is 14.8. The fourth-order valence-electron chi connectivity index (χ4n) is 6.06. The number of fused-ring (bicyclic) bond motifs is 2. The predicted molar refractivity (Wildman–Crippen MR) is 178 cm³/mol. The Hall–Kier alpha value is -5.13. The zero-order valence-corrected chi connectivity index (χ0v) is 25.8. The lowest BCUT2D eigenvalue weighted by Crippen LogP contribution is -2.27. The summed E-state index contributed by atoms with van der Waals surface area (Å²) in [6, 6.07) is 14.8. The molecule has 0 saturated carbocycles. The number of H-pyrrole nitrogens is 2. The standard InChI is InChI=1S/C35H35FN8O2/c1-43(2)21-34(45)39-26-12-24(17-37-18-26)22-5-6-31-29(14-22)35(42-41-31)32-16-28-30(19-38-20-33(28)40-32)23-11-25(36)15-27(13-23)46-10-9-44-7-3-4-8-44/h5-6,11-20,40H,3-4,7-10,21H2,1-2H3,(H,39,45)(H,41,42). The molecule has 0 aliphatic carbocycles. The third kappa shape index (κ3) is 6.33. The van der Waals surface area contributed by atoms with Crippen molar-refractivity contribution in [3.05, 3.63) is 79.1 Å². The molecule has 46 heavy (non-hydrogen) atoms. The van der Waals surface area contributed by atoms with Gasteiger partial charge in [0, 0.05) is 46.9 Å². The molecule has 234 valence electrons. The summed E-state index contributed by atoms with van der Waals surface area (Å²) in [4.78, 5) is 28.7. The molecule has 4 aromatic heterocycles. The number of carbonyl (C=O) groups excluding carboxylic acids is 1. The zero-order valence-electron chi connectivity index (χ0n) is 25.8. The molecule has 1 fully saturated rings. The number of likely N-dealkylation sites (tertiary alicyclic amines) is 1. The number of hydrogen-bond donors (Lipinski definition) is 3. The highest BCUT2D eigenvalue weighted by atomic mass is 19.1. The largest absolute Gasteiger partial charge is 0.492 e. The Kier molecular flexibility index (Phi) is 8.17. The maximum absolute atomic E-state index is 14.8. The Morgan fingerprint density at radius 3 is 2.63 bits per heavy atom. The predicted octanol–water partition coefficient (Wildman–Crippen LogP) is 5.95. The summed E-state index contributed by atoms with van der Waals surface area (Å²) in [6.07, 6.45) is 9.36. The van der Waals surface area contributed by atoms with Gasteiger partial charge in [-0.1, -0.05) is 6.07 Å². The van der Waals surface area contributed by atoms with Gasteiger partial charge in [-0.25, -0.2) is 4.39 Å². The number of hydrogen-bond acceptors (Lipinski definition) is 7. The van der Waals surface area contributed by atoms with Crippen LogP contribution in [0, 0.1) is 5.82 Å². The zero-order chi connectivity index (χ0) is 31.6. The molecule has 2 aromatic carbocycles. The van der Waals surface area contributed by atoms with Gasteiger partial charge in [0.15, 0.2) is 0 Å². The number of nitrogens with zero attached hydrogens (tertiary/aromatic N) is 5. The van der Waals surface area contributed by atoms with Crippen molar-refractivity contribution in [1.82, 2.24) is 34.9 Å². The average molecular weight is 619 g/mol. The van der Waals surface area contributed by atoms with E-state index in [1.54, 1.807) is 24.8 Å². The second-order valence-corrected chi connectivity index (χ2v) is 12.0. The van der Waals surface area contributed by atoms with Gasteiger partial charge in [-0.15, -0.1) is 0 Å². The fraction of sp³-hybridized carbons (Fsp3) is 0.257. The summed E-state index contributed by atoms with van der Waals surface area (Å²) >= 11 is 0. The van der Waals surface area contributed by atoms with Crippen molar-refractivity contribution in [2.24, 2.45) is 0 Å². The van der Waals surface area contributed by atoms with Crippen molar-refractivity contribution < 1.29 is 13.9 Å². The molecule has 11 heteroatoms. The lowest BCUT2D eigenvalue weighted by Gasteiger charge is -2.15. The highest BCUT2D eigenvalue weighted by Crippen LogP contribution is 2.36. The minimum Gasteiger partial charge on any atom is -0.492 e. The third-order valence-corrected chi connectivity index (χ3v) is 8.24. The van der Waals surface area contributed by atoms with E-state index < -0.39 is 0 Å². The molecule has 1 saturated heterocycles. The summed E-state index contributed by atoms with van der Waals surface area (Å²) in [6.45, 7) is 3.81. The SMILES string of the molecule is CN(C)CC(=O)Nc1cncc(-c2ccc3[nH]nc(-c4cc5c(-c6cc(F)cc(OCCN7CCCC7)c6)cncc5[nH]4)c3c2)c1. The van der Waals surface area contributed by atoms with Gasteiger partial charge in [-0.3, -0.25) is 24.8 Å². The number of nitrogens with one attached hydrogen (secondary N) is 3. The number of amides is 1. The van der Waals surface area contributed by atoms with E-state index in [1.807, 2.05) is 49.3 Å². The second kappa shape index (κ2) is 12.7. The maximum Gasteiger partial charge on any atom is 0.238 e. The van der Waals surface area contributed by atoms with Crippen LogP contribution < -0.4 is 10.1 Å². The summed E-state index contributed by atoms with van der Waals surface area (Å²) in [7, 11) is 3.70. The number of halogens is 1. The van der Waals surface area contributed by atoms with E-state index in [1.165, 1.54) is 25.0 Å². The van der Waals surface area contributed by atoms with Gasteiger partial charge >= 0.3 is 0 Å². The first-order valence-corrected chi connectivity index (χ1v) is 15.4. The van der Waals surface area contributed by atoms with Crippen LogP contribution in [0.1, 0.15) is 12.8 Å². The number of pyridine rings is 2. The second-order valence-electron chi connectivity index (χ2n) is 12.0. The Balaban J connectivity index is 1.18. The topological polar surface area (TPSA) is 115 Å². The van der Waals surface area contributed by atoms with Gasteiger partial charge in [0.1, 0.15) is 23.9 Å². The monoisotopic (exact) mass is 618 g/mol. The minimum atomic E-state index is -0.358. The molecule has 1 aliphatic heterocycles. The molecule has 0 bridgehead atoms. The molecule has 5 heterocycles. The Morgan fingerprint density at radius 2 is 1.78 bits per heavy atom. The van der Waals surface area contributed by atoms with Crippen molar-refractivity contribution in [1.29, 1.82) is 0 Å². The Labute approximate surface area is 265 Å². The summed E-state index contributed by atoms with van der Waals surface area (Å²) in [5, 5.41) is 12.5. The molecule has 6 aromatic rings. The van der Waals surface area contributed by atoms with Crippen LogP contribution in [0.2, 0.25) is 0 Å². The molecule has 0 spiro atoms. The van der Waals surface area contributed by atoms with Crippen LogP contribution in [0.5, 0.6) is 5.75 Å². The third-order valence-electron chi connectivity index (χ3n) is 8.24. The first-order chi connectivity index (χ1) is 22.4. The molecule has 0 unspecified atom stereocenters. The van der Waals surface area contributed by atoms with Gasteiger partial charge < -0.3 is 19.9 Å². The molecule has 0 radical (unpaired) electrons. The minimum absolute atomic E-state index is 0.108. The number of aromatic amines is 2. The van der Waals surface area contributed by atoms with E-state index in [0.717, 1.165) is 69.5 Å². The smallest absolute Gasteiger partial charge is 0.238 e. The van der Waals surface area contributed by atoms with Crippen molar-refractivity contribution in [3.63, 3.8) is 0 Å². The summed E-state index contributed by atoms with van der Waals surface area (Å²) < 4.78 is 20.8. The van der Waals surface area contributed by atoms with Crippen molar-refractivity contribution in [2.75, 3.05) is 52.2 Å². The number of aromatic nitrogens is 5. The van der Waals surface area contributed by atoms with E-state index >= 15 is 0 Å². The summed E-state index contributed by atoms with van der Waals surface area (Å²) in [5.74, 6) is 0.0374. The molecular formula is C35H35FN8O2. The van der Waals surface area contributed by atoms with E-state index in [0.29, 0.717) is 23.6 Å². The van der Waals surface area contributed by atoms with Crippen LogP contribution in [0.3, 0.4) is 0 Å². The molecular weight excluding hydrogens is 583 g/mol. The van der Waals surface area contributed by atoms with E-state index in [2.05, 4.69) is 41.4 Å². The first-order valence-electron chi connectivity index (χ1n) is 15.4. The van der Waals surface area contributed by atoms with Crippen LogP contribution >= 0.6 is 0 Å². The molecule has 1 amide bonds. The number of carbonyl (C=O) groups is 1. The van der Waals surface area contributed by atoms with Crippen molar-refractivity contribution in [3.8, 4) is 39.4 Å². The number of rotatable bonds is 10. The van der Waals surface area contributed by atoms with E-state index in [9.17, 15) is 9.18 Å². The summed E-state index contributed by atoms with van der Waals surface area (Å²) in [5.41, 5.74) is 7.14. The van der Waals surface area contributed by atoms with Crippen molar-refractivity contribution >= 4 is 33.4 Å². The Bertz CT molecular complexity index is 2030. The number of likely N-dealkylation sites (N-methyl/N-ethyl adjacent to an activating group) is 1. The Morgan fingerprint density at radius 1 is 0.935 bits per heavy atom. The lowest BCUT2D eigenvalue weighted by atomic mass is 10.0. The quantitative estimate of drug-likeness (QED) is 0.174. The van der Waals surface area contributed by atoms with Crippen LogP contribution in [0.4, 0.5) is 10.1 Å². The van der Waals surface area contributed by atoms with Crippen LogP contribution in [0.15, 0.2) is 73.3 Å². The molecule has 3 N–H and O–H groups in total. The van der Waals surface area contributed by atoms with Gasteiger partial charge in [0.2, 0.25) is 5.91 Å². The van der Waals surface area contributed by atoms with E-state index in [-0.39, 0.29) is 18.3 Å². The van der Waals surface area contributed by atoms with Crippen LogP contribution in [-0.4, -0.2) is 87.7 Å².